The van der Waals surface area contributed by atoms with Gasteiger partial charge in [-0.2, -0.15) is 0 Å². The minimum Gasteiger partial charge on any atom is -0.393 e. The molecule has 1 amide bonds. The van der Waals surface area contributed by atoms with Gasteiger partial charge in [-0.3, -0.25) is 4.79 Å². The average molecular weight is 282 g/mol. The highest BCUT2D eigenvalue weighted by Gasteiger charge is 2.40. The molecule has 116 valence electrons. The molecule has 0 radical (unpaired) electrons. The third-order valence-corrected chi connectivity index (χ3v) is 5.50. The molecule has 2 rings (SSSR count). The maximum atomic E-state index is 12.5. The van der Waals surface area contributed by atoms with E-state index in [0.717, 1.165) is 51.4 Å². The Morgan fingerprint density at radius 1 is 1.25 bits per heavy atom. The number of nitrogens with one attached hydrogen (secondary N) is 1. The molecule has 0 bridgehead atoms. The molecule has 2 atom stereocenters. The highest BCUT2D eigenvalue weighted by Crippen LogP contribution is 2.38. The Morgan fingerprint density at radius 2 is 1.90 bits per heavy atom. The van der Waals surface area contributed by atoms with Gasteiger partial charge in [0.15, 0.2) is 0 Å². The predicted molar refractivity (Wildman–Crippen MR) is 80.1 cm³/mol. The summed E-state index contributed by atoms with van der Waals surface area (Å²) in [5.41, 5.74) is 5.56. The van der Waals surface area contributed by atoms with Crippen LogP contribution < -0.4 is 11.1 Å². The summed E-state index contributed by atoms with van der Waals surface area (Å²) in [6.45, 7) is 3.30. The highest BCUT2D eigenvalue weighted by atomic mass is 16.3. The summed E-state index contributed by atoms with van der Waals surface area (Å²) in [6, 6.07) is 0. The standard InChI is InChI=1S/C16H30N2O2/c1-12-6-8-16(11-17,9-7-12)15(20)18-10-13-4-2-3-5-14(13)19/h12-14,19H,2-11,17H2,1H3,(H,18,20). The van der Waals surface area contributed by atoms with Crippen LogP contribution in [0.15, 0.2) is 0 Å². The van der Waals surface area contributed by atoms with Crippen molar-refractivity contribution >= 4 is 5.91 Å². The zero-order valence-corrected chi connectivity index (χ0v) is 12.7. The molecule has 4 N–H and O–H groups in total. The van der Waals surface area contributed by atoms with Crippen molar-refractivity contribution in [2.45, 2.75) is 64.4 Å². The molecule has 0 aromatic heterocycles. The van der Waals surface area contributed by atoms with Crippen LogP contribution in [0.2, 0.25) is 0 Å². The van der Waals surface area contributed by atoms with Gasteiger partial charge < -0.3 is 16.2 Å². The first-order valence-corrected chi connectivity index (χ1v) is 8.24. The summed E-state index contributed by atoms with van der Waals surface area (Å²) in [4.78, 5) is 12.5. The molecular weight excluding hydrogens is 252 g/mol. The average Bonchev–Trinajstić information content (AvgIpc) is 2.47. The minimum absolute atomic E-state index is 0.115. The summed E-state index contributed by atoms with van der Waals surface area (Å²) in [6.07, 6.45) is 7.92. The molecule has 2 aliphatic rings. The lowest BCUT2D eigenvalue weighted by atomic mass is 9.70. The van der Waals surface area contributed by atoms with Gasteiger partial charge in [-0.1, -0.05) is 19.8 Å². The monoisotopic (exact) mass is 282 g/mol. The number of amides is 1. The SMILES string of the molecule is CC1CCC(CN)(C(=O)NCC2CCCCC2O)CC1. The Kier molecular flexibility index (Phi) is 5.44. The van der Waals surface area contributed by atoms with E-state index < -0.39 is 0 Å². The van der Waals surface area contributed by atoms with Gasteiger partial charge in [0.1, 0.15) is 0 Å². The lowest BCUT2D eigenvalue weighted by Gasteiger charge is -2.38. The second-order valence-electron chi connectivity index (χ2n) is 6.99. The fourth-order valence-corrected chi connectivity index (χ4v) is 3.68. The largest absolute Gasteiger partial charge is 0.393 e. The van der Waals surface area contributed by atoms with Crippen LogP contribution in [0, 0.1) is 17.3 Å². The number of hydrogen-bond acceptors (Lipinski definition) is 3. The maximum absolute atomic E-state index is 12.5. The van der Waals surface area contributed by atoms with Crippen molar-refractivity contribution in [3.05, 3.63) is 0 Å². The fraction of sp³-hybridized carbons (Fsp3) is 0.938. The molecule has 4 heteroatoms. The third-order valence-electron chi connectivity index (χ3n) is 5.50. The van der Waals surface area contributed by atoms with Gasteiger partial charge in [0.25, 0.3) is 0 Å². The number of rotatable bonds is 4. The van der Waals surface area contributed by atoms with Gasteiger partial charge in [-0.05, 0) is 44.4 Å². The summed E-state index contributed by atoms with van der Waals surface area (Å²) in [5.74, 6) is 1.05. The van der Waals surface area contributed by atoms with Gasteiger partial charge >= 0.3 is 0 Å². The number of nitrogens with two attached hydrogens (primary N) is 1. The zero-order valence-electron chi connectivity index (χ0n) is 12.7. The molecular formula is C16H30N2O2. The Morgan fingerprint density at radius 3 is 2.50 bits per heavy atom. The van der Waals surface area contributed by atoms with Crippen LogP contribution in [0.4, 0.5) is 0 Å². The lowest BCUT2D eigenvalue weighted by molar-refractivity contribution is -0.133. The highest BCUT2D eigenvalue weighted by molar-refractivity contribution is 5.83. The summed E-state index contributed by atoms with van der Waals surface area (Å²) in [7, 11) is 0. The van der Waals surface area contributed by atoms with Crippen molar-refractivity contribution in [1.29, 1.82) is 0 Å². The van der Waals surface area contributed by atoms with E-state index in [1.807, 2.05) is 0 Å². The van der Waals surface area contributed by atoms with Crippen molar-refractivity contribution in [3.8, 4) is 0 Å². The van der Waals surface area contributed by atoms with Crippen molar-refractivity contribution in [1.82, 2.24) is 5.32 Å². The topological polar surface area (TPSA) is 75.4 Å². The molecule has 0 aromatic rings. The van der Waals surface area contributed by atoms with E-state index in [9.17, 15) is 9.90 Å². The van der Waals surface area contributed by atoms with E-state index in [4.69, 9.17) is 5.73 Å². The van der Waals surface area contributed by atoms with E-state index >= 15 is 0 Å². The van der Waals surface area contributed by atoms with E-state index in [-0.39, 0.29) is 23.3 Å². The molecule has 2 saturated carbocycles. The zero-order chi connectivity index (χ0) is 14.6. The number of aliphatic hydroxyl groups excluding tert-OH is 1. The Hall–Kier alpha value is -0.610. The predicted octanol–water partition coefficient (Wildman–Crippen LogP) is 1.81. The quantitative estimate of drug-likeness (QED) is 0.736. The van der Waals surface area contributed by atoms with Crippen LogP contribution in [0.3, 0.4) is 0 Å². The minimum atomic E-state index is -0.355. The molecule has 2 unspecified atom stereocenters. The van der Waals surface area contributed by atoms with E-state index in [1.165, 1.54) is 0 Å². The fourth-order valence-electron chi connectivity index (χ4n) is 3.68. The molecule has 2 aliphatic carbocycles. The van der Waals surface area contributed by atoms with Crippen LogP contribution >= 0.6 is 0 Å². The van der Waals surface area contributed by atoms with Crippen molar-refractivity contribution < 1.29 is 9.90 Å². The summed E-state index contributed by atoms with van der Waals surface area (Å²) >= 11 is 0. The van der Waals surface area contributed by atoms with Crippen molar-refractivity contribution in [3.63, 3.8) is 0 Å². The van der Waals surface area contributed by atoms with Crippen LogP contribution in [0.5, 0.6) is 0 Å². The van der Waals surface area contributed by atoms with Gasteiger partial charge in [0, 0.05) is 19.0 Å². The second-order valence-corrected chi connectivity index (χ2v) is 6.99. The van der Waals surface area contributed by atoms with Gasteiger partial charge in [0.05, 0.1) is 11.5 Å². The first-order valence-electron chi connectivity index (χ1n) is 8.24. The van der Waals surface area contributed by atoms with E-state index in [1.54, 1.807) is 0 Å². The first-order chi connectivity index (χ1) is 9.57. The second kappa shape index (κ2) is 6.90. The van der Waals surface area contributed by atoms with Crippen LogP contribution in [-0.2, 0) is 4.79 Å². The Balaban J connectivity index is 1.86. The maximum Gasteiger partial charge on any atom is 0.227 e. The summed E-state index contributed by atoms with van der Waals surface area (Å²) < 4.78 is 0. The van der Waals surface area contributed by atoms with Crippen molar-refractivity contribution in [2.24, 2.45) is 23.0 Å². The smallest absolute Gasteiger partial charge is 0.227 e. The molecule has 0 aromatic carbocycles. The van der Waals surface area contributed by atoms with Crippen LogP contribution in [-0.4, -0.2) is 30.2 Å². The molecule has 0 heterocycles. The van der Waals surface area contributed by atoms with Gasteiger partial charge in [-0.25, -0.2) is 0 Å². The normalized spacial score (nSPS) is 38.5. The molecule has 20 heavy (non-hydrogen) atoms. The van der Waals surface area contributed by atoms with Gasteiger partial charge in [-0.15, -0.1) is 0 Å². The van der Waals surface area contributed by atoms with Crippen LogP contribution in [0.25, 0.3) is 0 Å². The van der Waals surface area contributed by atoms with Crippen molar-refractivity contribution in [2.75, 3.05) is 13.1 Å². The number of aliphatic hydroxyl groups is 1. The molecule has 0 spiro atoms. The van der Waals surface area contributed by atoms with E-state index in [0.29, 0.717) is 19.0 Å². The Labute approximate surface area is 122 Å². The number of carbonyl (C=O) groups excluding carboxylic acids is 1. The van der Waals surface area contributed by atoms with E-state index in [2.05, 4.69) is 12.2 Å². The van der Waals surface area contributed by atoms with Gasteiger partial charge in [0.2, 0.25) is 5.91 Å². The molecule has 4 nitrogen and oxygen atoms in total. The number of hydrogen-bond donors (Lipinski definition) is 3. The first kappa shape index (κ1) is 15.8. The lowest BCUT2D eigenvalue weighted by Crippen LogP contribution is -2.49. The summed E-state index contributed by atoms with van der Waals surface area (Å²) in [5, 5.41) is 13.1. The molecule has 0 saturated heterocycles. The Bertz CT molecular complexity index is 324. The molecule has 2 fully saturated rings. The third kappa shape index (κ3) is 3.53. The molecule has 0 aliphatic heterocycles. The van der Waals surface area contributed by atoms with Crippen LogP contribution in [0.1, 0.15) is 58.3 Å². The number of carbonyl (C=O) groups is 1.